The van der Waals surface area contributed by atoms with Crippen molar-refractivity contribution < 1.29 is 42.1 Å². The van der Waals surface area contributed by atoms with Crippen molar-refractivity contribution in [3.8, 4) is 0 Å². The third-order valence-electron chi connectivity index (χ3n) is 9.83. The fourth-order valence-electron chi connectivity index (χ4n) is 6.13. The smallest absolute Gasteiger partial charge is 0.462 e. The molecular weight excluding hydrogens is 750 g/mol. The average molecular weight is 839 g/mol. The van der Waals surface area contributed by atoms with Crippen LogP contribution in [0, 0.1) is 0 Å². The van der Waals surface area contributed by atoms with Crippen molar-refractivity contribution in [3.63, 3.8) is 0 Å². The minimum Gasteiger partial charge on any atom is -0.462 e. The van der Waals surface area contributed by atoms with Crippen LogP contribution in [0.4, 0.5) is 0 Å². The summed E-state index contributed by atoms with van der Waals surface area (Å²) in [7, 11) is 1.46. The van der Waals surface area contributed by atoms with Crippen LogP contribution in [0.2, 0.25) is 0 Å². The molecule has 0 rings (SSSR count). The minimum atomic E-state index is -4.38. The molecule has 1 N–H and O–H groups in total. The number of carbonyl (C=O) groups excluding carboxylic acids is 2. The predicted molar refractivity (Wildman–Crippen MR) is 243 cm³/mol. The summed E-state index contributed by atoms with van der Waals surface area (Å²) < 4.78 is 34.3. The summed E-state index contributed by atoms with van der Waals surface area (Å²) in [5, 5.41) is 0. The normalized spacial score (nSPS) is 14.0. The summed E-state index contributed by atoms with van der Waals surface area (Å²) >= 11 is 0. The van der Waals surface area contributed by atoms with Crippen LogP contribution in [-0.2, 0) is 32.7 Å². The highest BCUT2D eigenvalue weighted by Crippen LogP contribution is 2.43. The van der Waals surface area contributed by atoms with Crippen LogP contribution in [0.5, 0.6) is 0 Å². The van der Waals surface area contributed by atoms with Crippen molar-refractivity contribution in [2.75, 3.05) is 47.5 Å². The molecular formula is C48H89NO8P+. The van der Waals surface area contributed by atoms with Gasteiger partial charge in [0.15, 0.2) is 6.10 Å². The van der Waals surface area contributed by atoms with Gasteiger partial charge in [0.1, 0.15) is 19.8 Å². The Balaban J connectivity index is 4.37. The average Bonchev–Trinajstić information content (AvgIpc) is 3.17. The van der Waals surface area contributed by atoms with E-state index in [1.165, 1.54) is 83.5 Å². The second-order valence-electron chi connectivity index (χ2n) is 16.8. The van der Waals surface area contributed by atoms with Crippen LogP contribution < -0.4 is 0 Å². The number of hydrogen-bond acceptors (Lipinski definition) is 7. The number of unbranched alkanes of at least 4 members (excludes halogenated alkanes) is 20. The molecule has 0 amide bonds. The first kappa shape index (κ1) is 56.0. The van der Waals surface area contributed by atoms with E-state index >= 15 is 0 Å². The van der Waals surface area contributed by atoms with Gasteiger partial charge >= 0.3 is 19.8 Å². The maximum absolute atomic E-state index is 12.7. The van der Waals surface area contributed by atoms with E-state index in [2.05, 4.69) is 62.5 Å². The number of allylic oxidation sites excluding steroid dienone is 8. The first-order valence-electron chi connectivity index (χ1n) is 23.4. The Hall–Kier alpha value is -2.03. The predicted octanol–water partition coefficient (Wildman–Crippen LogP) is 13.5. The molecule has 338 valence electrons. The van der Waals surface area contributed by atoms with Crippen molar-refractivity contribution >= 4 is 19.8 Å². The Morgan fingerprint density at radius 2 is 0.931 bits per heavy atom. The van der Waals surface area contributed by atoms with Gasteiger partial charge < -0.3 is 18.9 Å². The highest BCUT2D eigenvalue weighted by molar-refractivity contribution is 7.47. The first-order valence-corrected chi connectivity index (χ1v) is 24.9. The number of likely N-dealkylation sites (N-methyl/N-ethyl adjacent to an activating group) is 1. The van der Waals surface area contributed by atoms with Crippen molar-refractivity contribution in [3.05, 3.63) is 48.6 Å². The summed E-state index contributed by atoms with van der Waals surface area (Å²) in [4.78, 5) is 35.4. The highest BCUT2D eigenvalue weighted by atomic mass is 31.2. The van der Waals surface area contributed by atoms with Crippen molar-refractivity contribution in [1.29, 1.82) is 0 Å². The van der Waals surface area contributed by atoms with E-state index in [0.29, 0.717) is 17.4 Å². The van der Waals surface area contributed by atoms with Gasteiger partial charge in [0, 0.05) is 12.8 Å². The van der Waals surface area contributed by atoms with Crippen LogP contribution in [0.15, 0.2) is 48.6 Å². The van der Waals surface area contributed by atoms with Gasteiger partial charge in [-0.25, -0.2) is 4.57 Å². The Morgan fingerprint density at radius 3 is 1.36 bits per heavy atom. The largest absolute Gasteiger partial charge is 0.472 e. The molecule has 0 heterocycles. The number of nitrogens with zero attached hydrogens (tertiary/aromatic N) is 1. The lowest BCUT2D eigenvalue weighted by atomic mass is 10.1. The van der Waals surface area contributed by atoms with Gasteiger partial charge in [-0.15, -0.1) is 0 Å². The van der Waals surface area contributed by atoms with Crippen LogP contribution in [0.3, 0.4) is 0 Å². The molecule has 0 radical (unpaired) electrons. The molecule has 0 saturated heterocycles. The number of phosphoric acid groups is 1. The number of esters is 2. The van der Waals surface area contributed by atoms with E-state index < -0.39 is 26.5 Å². The zero-order valence-corrected chi connectivity index (χ0v) is 38.9. The molecule has 0 bridgehead atoms. The second kappa shape index (κ2) is 40.4. The van der Waals surface area contributed by atoms with Gasteiger partial charge in [-0.1, -0.05) is 152 Å². The number of quaternary nitrogens is 1. The molecule has 2 unspecified atom stereocenters. The maximum Gasteiger partial charge on any atom is 0.472 e. The van der Waals surface area contributed by atoms with Gasteiger partial charge in [-0.2, -0.15) is 0 Å². The third-order valence-corrected chi connectivity index (χ3v) is 10.8. The molecule has 9 nitrogen and oxygen atoms in total. The first-order chi connectivity index (χ1) is 28.0. The molecule has 0 aromatic carbocycles. The lowest BCUT2D eigenvalue weighted by Gasteiger charge is -2.24. The number of rotatable bonds is 42. The Bertz CT molecular complexity index is 1130. The fourth-order valence-corrected chi connectivity index (χ4v) is 6.87. The van der Waals surface area contributed by atoms with E-state index in [4.69, 9.17) is 18.5 Å². The fraction of sp³-hybridized carbons (Fsp3) is 0.792. The molecule has 10 heteroatoms. The van der Waals surface area contributed by atoms with Crippen LogP contribution in [0.25, 0.3) is 0 Å². The van der Waals surface area contributed by atoms with Crippen LogP contribution >= 0.6 is 7.82 Å². The second-order valence-corrected chi connectivity index (χ2v) is 18.2. The van der Waals surface area contributed by atoms with E-state index in [1.807, 2.05) is 21.1 Å². The minimum absolute atomic E-state index is 0.0263. The molecule has 0 aliphatic heterocycles. The molecule has 58 heavy (non-hydrogen) atoms. The number of ether oxygens (including phenoxy) is 2. The number of carbonyl (C=O) groups is 2. The summed E-state index contributed by atoms with van der Waals surface area (Å²) in [6.07, 6.45) is 47.2. The van der Waals surface area contributed by atoms with Gasteiger partial charge in [-0.05, 0) is 77.0 Å². The molecule has 0 spiro atoms. The molecule has 0 fully saturated rings. The summed E-state index contributed by atoms with van der Waals surface area (Å²) in [6.45, 7) is 4.37. The van der Waals surface area contributed by atoms with Crippen molar-refractivity contribution in [1.82, 2.24) is 0 Å². The zero-order valence-electron chi connectivity index (χ0n) is 38.0. The van der Waals surface area contributed by atoms with Gasteiger partial charge in [-0.3, -0.25) is 18.6 Å². The van der Waals surface area contributed by atoms with Crippen molar-refractivity contribution in [2.45, 2.75) is 200 Å². The van der Waals surface area contributed by atoms with Gasteiger partial charge in [0.2, 0.25) is 0 Å². The van der Waals surface area contributed by atoms with E-state index in [9.17, 15) is 19.0 Å². The standard InChI is InChI=1S/C48H88NO8P/c1-6-8-10-12-14-16-18-20-22-24-25-27-29-31-33-35-37-39-41-48(51)57-46(45-56-58(52,53)55-43-42-49(3,4)5)44-54-47(50)40-38-36-34-32-30-28-26-23-21-19-17-15-13-11-9-7-2/h16-19,22-24,26,46H,6-15,20-21,25,27-45H2,1-5H3/p+1/b18-16-,19-17-,24-22-,26-23-. The van der Waals surface area contributed by atoms with Crippen molar-refractivity contribution in [2.24, 2.45) is 0 Å². The van der Waals surface area contributed by atoms with E-state index in [0.717, 1.165) is 77.0 Å². The van der Waals surface area contributed by atoms with E-state index in [-0.39, 0.29) is 32.0 Å². The number of phosphoric ester groups is 1. The highest BCUT2D eigenvalue weighted by Gasteiger charge is 2.27. The Kier molecular flexibility index (Phi) is 39.0. The Labute approximate surface area is 356 Å². The lowest BCUT2D eigenvalue weighted by Crippen LogP contribution is -2.37. The summed E-state index contributed by atoms with van der Waals surface area (Å²) in [5.41, 5.74) is 0. The molecule has 0 saturated carbocycles. The number of hydrogen-bond donors (Lipinski definition) is 1. The SMILES string of the molecule is CCCCCC/C=C\C/C=C\CCCCCCCCCC(=O)OC(COC(=O)CCCCCCC/C=C\C/C=C\CCCCCC)COP(=O)(O)OCC[N+](C)(C)C. The van der Waals surface area contributed by atoms with Crippen LogP contribution in [0.1, 0.15) is 194 Å². The topological polar surface area (TPSA) is 108 Å². The zero-order chi connectivity index (χ0) is 42.8. The lowest BCUT2D eigenvalue weighted by molar-refractivity contribution is -0.870. The molecule has 0 aliphatic rings. The summed E-state index contributed by atoms with van der Waals surface area (Å²) in [6, 6.07) is 0. The monoisotopic (exact) mass is 839 g/mol. The van der Waals surface area contributed by atoms with Gasteiger partial charge in [0.25, 0.3) is 0 Å². The quantitative estimate of drug-likeness (QED) is 0.0213. The molecule has 2 atom stereocenters. The molecule has 0 aromatic heterocycles. The Morgan fingerprint density at radius 1 is 0.534 bits per heavy atom. The van der Waals surface area contributed by atoms with Gasteiger partial charge in [0.05, 0.1) is 27.7 Å². The molecule has 0 aliphatic carbocycles. The van der Waals surface area contributed by atoms with E-state index in [1.54, 1.807) is 0 Å². The van der Waals surface area contributed by atoms with Crippen LogP contribution in [-0.4, -0.2) is 74.9 Å². The third kappa shape index (κ3) is 43.5. The molecule has 0 aromatic rings. The maximum atomic E-state index is 12.7. The summed E-state index contributed by atoms with van der Waals surface area (Å²) in [5.74, 6) is -0.823.